The maximum Gasteiger partial charge on any atom is 0.254 e. The van der Waals surface area contributed by atoms with E-state index >= 15 is 0 Å². The summed E-state index contributed by atoms with van der Waals surface area (Å²) in [6.07, 6.45) is 0.973. The number of rotatable bonds is 2. The van der Waals surface area contributed by atoms with Crippen LogP contribution in [0.1, 0.15) is 23.7 Å². The van der Waals surface area contributed by atoms with Gasteiger partial charge in [-0.2, -0.15) is 0 Å². The Morgan fingerprint density at radius 2 is 2.35 bits per heavy atom. The molecule has 0 saturated carbocycles. The average Bonchev–Trinajstić information content (AvgIpc) is 2.69. The minimum absolute atomic E-state index is 0.0274. The maximum absolute atomic E-state index is 12.3. The monoisotopic (exact) mass is 345 g/mol. The third-order valence-corrected chi connectivity index (χ3v) is 4.07. The predicted molar refractivity (Wildman–Crippen MR) is 74.9 cm³/mol. The molecule has 0 aromatic heterocycles. The first-order chi connectivity index (χ1) is 8.13. The van der Waals surface area contributed by atoms with Crippen molar-refractivity contribution >= 4 is 28.5 Å². The van der Waals surface area contributed by atoms with Crippen molar-refractivity contribution in [2.75, 3.05) is 13.2 Å². The van der Waals surface area contributed by atoms with Crippen LogP contribution in [0.3, 0.4) is 0 Å². The van der Waals surface area contributed by atoms with Crippen LogP contribution in [0.2, 0.25) is 0 Å². The molecule has 1 amide bonds. The van der Waals surface area contributed by atoms with Crippen molar-refractivity contribution in [3.8, 4) is 0 Å². The molecule has 1 aromatic rings. The molecule has 0 radical (unpaired) electrons. The number of aliphatic hydroxyl groups is 1. The number of carbonyl (C=O) groups excluding carboxylic acids is 1. The van der Waals surface area contributed by atoms with Crippen molar-refractivity contribution in [3.05, 3.63) is 33.4 Å². The zero-order valence-corrected chi connectivity index (χ0v) is 11.9. The molecular formula is C13H16INO2. The smallest absolute Gasteiger partial charge is 0.254 e. The molecule has 92 valence electrons. The molecule has 1 heterocycles. The van der Waals surface area contributed by atoms with Crippen molar-refractivity contribution in [1.82, 2.24) is 4.90 Å². The molecule has 17 heavy (non-hydrogen) atoms. The lowest BCUT2D eigenvalue weighted by atomic mass is 10.0. The Balaban J connectivity index is 2.20. The van der Waals surface area contributed by atoms with E-state index < -0.39 is 0 Å². The quantitative estimate of drug-likeness (QED) is 0.835. The molecule has 1 N–H and O–H groups in total. The summed E-state index contributed by atoms with van der Waals surface area (Å²) in [5.41, 5.74) is 0.712. The second-order valence-corrected chi connectivity index (χ2v) is 5.77. The Bertz CT molecular complexity index is 422. The molecule has 2 unspecified atom stereocenters. The Labute approximate surface area is 115 Å². The summed E-state index contributed by atoms with van der Waals surface area (Å²) in [6.45, 7) is 2.89. The fourth-order valence-electron chi connectivity index (χ4n) is 2.33. The molecule has 0 spiro atoms. The zero-order valence-electron chi connectivity index (χ0n) is 9.77. The number of nitrogens with zero attached hydrogens (tertiary/aromatic N) is 1. The topological polar surface area (TPSA) is 40.5 Å². The maximum atomic E-state index is 12.3. The van der Waals surface area contributed by atoms with E-state index in [4.69, 9.17) is 0 Å². The van der Waals surface area contributed by atoms with Crippen molar-refractivity contribution in [2.24, 2.45) is 5.92 Å². The van der Waals surface area contributed by atoms with Gasteiger partial charge in [-0.15, -0.1) is 0 Å². The minimum atomic E-state index is -0.0274. The number of likely N-dealkylation sites (tertiary alicyclic amines) is 1. The third kappa shape index (κ3) is 2.63. The van der Waals surface area contributed by atoms with E-state index in [1.165, 1.54) is 0 Å². The Hall–Kier alpha value is -0.620. The lowest BCUT2D eigenvalue weighted by Crippen LogP contribution is -2.39. The second-order valence-electron chi connectivity index (χ2n) is 4.52. The first-order valence-electron chi connectivity index (χ1n) is 5.81. The van der Waals surface area contributed by atoms with E-state index in [0.717, 1.165) is 16.5 Å². The highest BCUT2D eigenvalue weighted by atomic mass is 127. The molecular weight excluding hydrogens is 329 g/mol. The summed E-state index contributed by atoms with van der Waals surface area (Å²) in [4.78, 5) is 14.1. The van der Waals surface area contributed by atoms with Gasteiger partial charge in [-0.3, -0.25) is 4.79 Å². The Morgan fingerprint density at radius 3 is 3.00 bits per heavy atom. The van der Waals surface area contributed by atoms with E-state index in [9.17, 15) is 9.90 Å². The van der Waals surface area contributed by atoms with Gasteiger partial charge in [0.1, 0.15) is 0 Å². The second kappa shape index (κ2) is 5.35. The lowest BCUT2D eigenvalue weighted by Gasteiger charge is -2.25. The first kappa shape index (κ1) is 12.8. The standard InChI is InChI=1S/C13H16INO2/c1-9-5-6-15(12(9)8-16)13(17)10-3-2-4-11(14)7-10/h2-4,7,9,12,16H,5-6,8H2,1H3. The van der Waals surface area contributed by atoms with Crippen LogP contribution in [0.5, 0.6) is 0 Å². The summed E-state index contributed by atoms with van der Waals surface area (Å²) in [5.74, 6) is 0.415. The summed E-state index contributed by atoms with van der Waals surface area (Å²) in [5, 5.41) is 9.36. The summed E-state index contributed by atoms with van der Waals surface area (Å²) >= 11 is 2.20. The number of aliphatic hydroxyl groups excluding tert-OH is 1. The van der Waals surface area contributed by atoms with Crippen LogP contribution >= 0.6 is 22.6 Å². The van der Waals surface area contributed by atoms with Gasteiger partial charge in [0.2, 0.25) is 0 Å². The van der Waals surface area contributed by atoms with Crippen molar-refractivity contribution < 1.29 is 9.90 Å². The Morgan fingerprint density at radius 1 is 1.59 bits per heavy atom. The predicted octanol–water partition coefficient (Wildman–Crippen LogP) is 2.13. The number of halogens is 1. The minimum Gasteiger partial charge on any atom is -0.394 e. The molecule has 2 rings (SSSR count). The van der Waals surface area contributed by atoms with Crippen molar-refractivity contribution in [3.63, 3.8) is 0 Å². The molecule has 4 heteroatoms. The molecule has 1 saturated heterocycles. The fourth-order valence-corrected chi connectivity index (χ4v) is 2.87. The van der Waals surface area contributed by atoms with Gasteiger partial charge in [-0.25, -0.2) is 0 Å². The molecule has 2 atom stereocenters. The van der Waals surface area contributed by atoms with Crippen LogP contribution in [0.25, 0.3) is 0 Å². The fraction of sp³-hybridized carbons (Fsp3) is 0.462. The van der Waals surface area contributed by atoms with Crippen LogP contribution in [0.15, 0.2) is 24.3 Å². The van der Waals surface area contributed by atoms with Crippen molar-refractivity contribution in [1.29, 1.82) is 0 Å². The first-order valence-corrected chi connectivity index (χ1v) is 6.88. The van der Waals surface area contributed by atoms with Gasteiger partial charge >= 0.3 is 0 Å². The number of carbonyl (C=O) groups is 1. The van der Waals surface area contributed by atoms with Gasteiger partial charge in [0.05, 0.1) is 12.6 Å². The molecule has 1 aliphatic rings. The van der Waals surface area contributed by atoms with Gasteiger partial charge in [0.25, 0.3) is 5.91 Å². The number of hydrogen-bond acceptors (Lipinski definition) is 2. The van der Waals surface area contributed by atoms with Crippen LogP contribution in [-0.4, -0.2) is 35.1 Å². The molecule has 1 aliphatic heterocycles. The normalized spacial score (nSPS) is 24.1. The molecule has 1 aromatic carbocycles. The highest BCUT2D eigenvalue weighted by Crippen LogP contribution is 2.25. The van der Waals surface area contributed by atoms with Crippen molar-refractivity contribution in [2.45, 2.75) is 19.4 Å². The largest absolute Gasteiger partial charge is 0.394 e. The van der Waals surface area contributed by atoms with Gasteiger partial charge < -0.3 is 10.0 Å². The molecule has 0 aliphatic carbocycles. The van der Waals surface area contributed by atoms with Crippen LogP contribution in [0.4, 0.5) is 0 Å². The Kier molecular flexibility index (Phi) is 4.04. The molecule has 1 fully saturated rings. The molecule has 0 bridgehead atoms. The van der Waals surface area contributed by atoms with E-state index in [-0.39, 0.29) is 18.6 Å². The zero-order chi connectivity index (χ0) is 12.4. The van der Waals surface area contributed by atoms with Gasteiger partial charge in [-0.1, -0.05) is 13.0 Å². The van der Waals surface area contributed by atoms with Crippen LogP contribution in [0, 0.1) is 9.49 Å². The van der Waals surface area contributed by atoms with Gasteiger partial charge in [-0.05, 0) is 53.1 Å². The van der Waals surface area contributed by atoms with Crippen LogP contribution in [-0.2, 0) is 0 Å². The third-order valence-electron chi connectivity index (χ3n) is 3.40. The average molecular weight is 345 g/mol. The van der Waals surface area contributed by atoms with E-state index in [0.29, 0.717) is 11.5 Å². The number of benzene rings is 1. The highest BCUT2D eigenvalue weighted by Gasteiger charge is 2.34. The molecule has 3 nitrogen and oxygen atoms in total. The van der Waals surface area contributed by atoms with E-state index in [1.54, 1.807) is 4.90 Å². The number of hydrogen-bond donors (Lipinski definition) is 1. The van der Waals surface area contributed by atoms with Gasteiger partial charge in [0, 0.05) is 15.7 Å². The van der Waals surface area contributed by atoms with Gasteiger partial charge in [0.15, 0.2) is 0 Å². The summed E-state index contributed by atoms with van der Waals surface area (Å²) in [6, 6.07) is 7.55. The summed E-state index contributed by atoms with van der Waals surface area (Å²) < 4.78 is 1.06. The lowest BCUT2D eigenvalue weighted by molar-refractivity contribution is 0.0648. The SMILES string of the molecule is CC1CCN(C(=O)c2cccc(I)c2)C1CO. The number of amides is 1. The van der Waals surface area contributed by atoms with E-state index in [2.05, 4.69) is 29.5 Å². The van der Waals surface area contributed by atoms with Crippen LogP contribution < -0.4 is 0 Å². The summed E-state index contributed by atoms with van der Waals surface area (Å²) in [7, 11) is 0. The van der Waals surface area contributed by atoms with E-state index in [1.807, 2.05) is 24.3 Å². The highest BCUT2D eigenvalue weighted by molar-refractivity contribution is 14.1.